The zero-order valence-electron chi connectivity index (χ0n) is 23.8. The summed E-state index contributed by atoms with van der Waals surface area (Å²) in [5.74, 6) is 1.61. The molecule has 0 spiro atoms. The molecule has 2 N–H and O–H groups in total. The molecule has 0 aliphatic carbocycles. The number of anilines is 2. The summed E-state index contributed by atoms with van der Waals surface area (Å²) in [6, 6.07) is 17.2. The van der Waals surface area contributed by atoms with E-state index >= 15 is 0 Å². The maximum Gasteiger partial charge on any atom is 0.253 e. The standard InChI is InChI=1S/C30H35N3O8S/c1-38-25-12-10-21(19-27(25)39-2)14-15-31-30(35)23-7-4-5-8-24(23)32-29(34)9-6-16-33(42(3,36)37)22-11-13-26-28(20-22)41-18-17-40-26/h4-5,7-8,10-13,19-20H,6,9,14-18H2,1-3H3,(H,31,35)(H,32,34). The lowest BCUT2D eigenvalue weighted by Crippen LogP contribution is -2.31. The van der Waals surface area contributed by atoms with Crippen LogP contribution < -0.4 is 33.9 Å². The van der Waals surface area contributed by atoms with Crippen LogP contribution in [0, 0.1) is 0 Å². The van der Waals surface area contributed by atoms with Gasteiger partial charge in [-0.05, 0) is 54.8 Å². The molecule has 224 valence electrons. The Morgan fingerprint density at radius 2 is 1.67 bits per heavy atom. The van der Waals surface area contributed by atoms with Gasteiger partial charge in [0.15, 0.2) is 23.0 Å². The molecule has 0 unspecified atom stereocenters. The molecule has 0 bridgehead atoms. The zero-order chi connectivity index (χ0) is 30.1. The first kappa shape index (κ1) is 30.5. The Morgan fingerprint density at radius 3 is 2.40 bits per heavy atom. The Bertz CT molecular complexity index is 1530. The van der Waals surface area contributed by atoms with E-state index in [0.29, 0.717) is 66.1 Å². The van der Waals surface area contributed by atoms with Gasteiger partial charge in [-0.1, -0.05) is 18.2 Å². The molecule has 0 saturated carbocycles. The van der Waals surface area contributed by atoms with Gasteiger partial charge in [0.05, 0.1) is 37.4 Å². The van der Waals surface area contributed by atoms with Gasteiger partial charge in [0.2, 0.25) is 15.9 Å². The van der Waals surface area contributed by atoms with Crippen molar-refractivity contribution in [2.45, 2.75) is 19.3 Å². The van der Waals surface area contributed by atoms with Crippen LogP contribution in [0.2, 0.25) is 0 Å². The molecule has 1 aliphatic heterocycles. The topological polar surface area (TPSA) is 132 Å². The summed E-state index contributed by atoms with van der Waals surface area (Å²) in [7, 11) is -0.481. The lowest BCUT2D eigenvalue weighted by atomic mass is 10.1. The molecule has 1 aliphatic rings. The predicted molar refractivity (Wildman–Crippen MR) is 160 cm³/mol. The van der Waals surface area contributed by atoms with Gasteiger partial charge in [-0.3, -0.25) is 13.9 Å². The van der Waals surface area contributed by atoms with E-state index in [-0.39, 0.29) is 31.2 Å². The Hall–Kier alpha value is -4.45. The lowest BCUT2D eigenvalue weighted by Gasteiger charge is -2.25. The molecule has 3 aromatic carbocycles. The molecule has 42 heavy (non-hydrogen) atoms. The third-order valence-corrected chi connectivity index (χ3v) is 7.77. The third-order valence-electron chi connectivity index (χ3n) is 6.57. The van der Waals surface area contributed by atoms with Crippen LogP contribution in [0.4, 0.5) is 11.4 Å². The minimum Gasteiger partial charge on any atom is -0.493 e. The van der Waals surface area contributed by atoms with E-state index in [1.54, 1.807) is 56.7 Å². The number of benzene rings is 3. The summed E-state index contributed by atoms with van der Waals surface area (Å²) < 4.78 is 48.0. The molecule has 0 aromatic heterocycles. The van der Waals surface area contributed by atoms with Gasteiger partial charge < -0.3 is 29.6 Å². The fourth-order valence-corrected chi connectivity index (χ4v) is 5.47. The Labute approximate surface area is 245 Å². The maximum absolute atomic E-state index is 12.9. The third kappa shape index (κ3) is 7.84. The summed E-state index contributed by atoms with van der Waals surface area (Å²) in [6.45, 7) is 1.27. The van der Waals surface area contributed by atoms with E-state index in [9.17, 15) is 18.0 Å². The van der Waals surface area contributed by atoms with E-state index in [1.807, 2.05) is 18.2 Å². The van der Waals surface area contributed by atoms with Gasteiger partial charge in [-0.2, -0.15) is 0 Å². The van der Waals surface area contributed by atoms with Gasteiger partial charge in [-0.15, -0.1) is 0 Å². The van der Waals surface area contributed by atoms with E-state index in [1.165, 1.54) is 4.31 Å². The second-order valence-corrected chi connectivity index (χ2v) is 11.5. The first-order chi connectivity index (χ1) is 20.2. The fraction of sp³-hybridized carbons (Fsp3) is 0.333. The number of nitrogens with zero attached hydrogens (tertiary/aromatic N) is 1. The minimum atomic E-state index is -3.62. The van der Waals surface area contributed by atoms with Crippen LogP contribution in [-0.4, -0.2) is 67.0 Å². The normalized spacial score (nSPS) is 12.3. The molecule has 4 rings (SSSR count). The number of methoxy groups -OCH3 is 2. The zero-order valence-corrected chi connectivity index (χ0v) is 24.7. The number of hydrogen-bond donors (Lipinski definition) is 2. The summed E-state index contributed by atoms with van der Waals surface area (Å²) in [5.41, 5.74) is 2.09. The predicted octanol–water partition coefficient (Wildman–Crippen LogP) is 3.63. The van der Waals surface area contributed by atoms with Crippen molar-refractivity contribution in [3.63, 3.8) is 0 Å². The van der Waals surface area contributed by atoms with Crippen molar-refractivity contribution < 1.29 is 37.0 Å². The van der Waals surface area contributed by atoms with E-state index in [4.69, 9.17) is 18.9 Å². The quantitative estimate of drug-likeness (QED) is 0.305. The van der Waals surface area contributed by atoms with Crippen LogP contribution in [-0.2, 0) is 21.2 Å². The molecule has 0 atom stereocenters. The molecule has 11 nitrogen and oxygen atoms in total. The number of sulfonamides is 1. The molecule has 2 amide bonds. The summed E-state index contributed by atoms with van der Waals surface area (Å²) in [6.07, 6.45) is 1.99. The monoisotopic (exact) mass is 597 g/mol. The van der Waals surface area contributed by atoms with Crippen molar-refractivity contribution >= 4 is 33.2 Å². The molecular formula is C30H35N3O8S. The first-order valence-corrected chi connectivity index (χ1v) is 15.3. The highest BCUT2D eigenvalue weighted by molar-refractivity contribution is 7.92. The van der Waals surface area contributed by atoms with Crippen LogP contribution >= 0.6 is 0 Å². The van der Waals surface area contributed by atoms with Crippen LogP contribution in [0.25, 0.3) is 0 Å². The van der Waals surface area contributed by atoms with Crippen molar-refractivity contribution in [3.05, 3.63) is 71.8 Å². The lowest BCUT2D eigenvalue weighted by molar-refractivity contribution is -0.116. The van der Waals surface area contributed by atoms with Gasteiger partial charge in [-0.25, -0.2) is 8.42 Å². The average molecular weight is 598 g/mol. The van der Waals surface area contributed by atoms with Crippen molar-refractivity contribution in [1.29, 1.82) is 0 Å². The number of amides is 2. The van der Waals surface area contributed by atoms with E-state index in [0.717, 1.165) is 11.8 Å². The molecular weight excluding hydrogens is 562 g/mol. The summed E-state index contributed by atoms with van der Waals surface area (Å²) in [5, 5.41) is 5.67. The number of carbonyl (C=O) groups excluding carboxylic acids is 2. The summed E-state index contributed by atoms with van der Waals surface area (Å²) >= 11 is 0. The number of hydrogen-bond acceptors (Lipinski definition) is 8. The number of fused-ring (bicyclic) bond motifs is 1. The van der Waals surface area contributed by atoms with Crippen LogP contribution in [0.1, 0.15) is 28.8 Å². The van der Waals surface area contributed by atoms with Crippen LogP contribution in [0.3, 0.4) is 0 Å². The smallest absolute Gasteiger partial charge is 0.253 e. The highest BCUT2D eigenvalue weighted by Gasteiger charge is 2.21. The van der Waals surface area contributed by atoms with Crippen LogP contribution in [0.15, 0.2) is 60.7 Å². The van der Waals surface area contributed by atoms with Crippen LogP contribution in [0.5, 0.6) is 23.0 Å². The molecule has 12 heteroatoms. The van der Waals surface area contributed by atoms with Crippen molar-refractivity contribution in [3.8, 4) is 23.0 Å². The van der Waals surface area contributed by atoms with Gasteiger partial charge >= 0.3 is 0 Å². The number of para-hydroxylation sites is 1. The van der Waals surface area contributed by atoms with Gasteiger partial charge in [0.25, 0.3) is 5.91 Å². The van der Waals surface area contributed by atoms with Crippen molar-refractivity contribution in [2.75, 3.05) is 56.4 Å². The molecule has 3 aromatic rings. The number of ether oxygens (including phenoxy) is 4. The maximum atomic E-state index is 12.9. The Kier molecular flexibility index (Phi) is 10.1. The molecule has 1 heterocycles. The highest BCUT2D eigenvalue weighted by atomic mass is 32.2. The number of rotatable bonds is 13. The van der Waals surface area contributed by atoms with E-state index in [2.05, 4.69) is 10.6 Å². The largest absolute Gasteiger partial charge is 0.493 e. The summed E-state index contributed by atoms with van der Waals surface area (Å²) in [4.78, 5) is 25.7. The SMILES string of the molecule is COc1ccc(CCNC(=O)c2ccccc2NC(=O)CCCN(c2ccc3c(c2)OCCO3)S(C)(=O)=O)cc1OC. The molecule has 0 radical (unpaired) electrons. The molecule has 0 fully saturated rings. The average Bonchev–Trinajstić information content (AvgIpc) is 2.98. The van der Waals surface area contributed by atoms with Gasteiger partial charge in [0, 0.05) is 25.6 Å². The minimum absolute atomic E-state index is 0.0474. The highest BCUT2D eigenvalue weighted by Crippen LogP contribution is 2.35. The Morgan fingerprint density at radius 1 is 0.929 bits per heavy atom. The van der Waals surface area contributed by atoms with Gasteiger partial charge in [0.1, 0.15) is 13.2 Å². The Balaban J connectivity index is 1.32. The first-order valence-electron chi connectivity index (χ1n) is 13.4. The number of carbonyl (C=O) groups is 2. The second kappa shape index (κ2) is 13.9. The second-order valence-electron chi connectivity index (χ2n) is 9.56. The van der Waals surface area contributed by atoms with Crippen molar-refractivity contribution in [1.82, 2.24) is 5.32 Å². The fourth-order valence-electron chi connectivity index (χ4n) is 4.51. The van der Waals surface area contributed by atoms with Crippen molar-refractivity contribution in [2.24, 2.45) is 0 Å². The molecule has 0 saturated heterocycles. The van der Waals surface area contributed by atoms with E-state index < -0.39 is 10.0 Å². The number of nitrogens with one attached hydrogen (secondary N) is 2.